The molecule has 0 aromatic rings. The predicted molar refractivity (Wildman–Crippen MR) is 68.0 cm³/mol. The largest absolute Gasteiger partial charge is 0.393 e. The van der Waals surface area contributed by atoms with Gasteiger partial charge < -0.3 is 5.11 Å². The minimum Gasteiger partial charge on any atom is -0.393 e. The Balaban J connectivity index is 2.38. The van der Waals surface area contributed by atoms with Gasteiger partial charge in [0.05, 0.1) is 19.7 Å². The second-order valence-electron chi connectivity index (χ2n) is 4.37. The maximum Gasteiger partial charge on any atom is 0.390 e. The number of hydrogen-bond acceptors (Lipinski definition) is 5. The molecule has 8 nitrogen and oxygen atoms in total. The third-order valence-electron chi connectivity index (χ3n) is 3.27. The van der Waals surface area contributed by atoms with E-state index in [0.29, 0.717) is 24.9 Å². The normalized spacial score (nSPS) is 22.9. The molecule has 8 heteroatoms. The van der Waals surface area contributed by atoms with Gasteiger partial charge in [0.1, 0.15) is 0 Å². The number of amidine groups is 1. The quantitative estimate of drug-likeness (QED) is 0.595. The molecular formula is C11H18N5O3+. The fraction of sp³-hybridized carbons (Fsp3) is 0.636. The summed E-state index contributed by atoms with van der Waals surface area (Å²) in [7, 11) is 3.06. The maximum atomic E-state index is 12.2. The van der Waals surface area contributed by atoms with Gasteiger partial charge in [-0.3, -0.25) is 19.9 Å². The number of imide groups is 1. The van der Waals surface area contributed by atoms with Crippen molar-refractivity contribution < 1.29 is 19.3 Å². The summed E-state index contributed by atoms with van der Waals surface area (Å²) in [5.74, 6) is 0.653. The van der Waals surface area contributed by atoms with Crippen LogP contribution in [0.1, 0.15) is 6.92 Å². The van der Waals surface area contributed by atoms with Gasteiger partial charge in [0.25, 0.3) is 5.91 Å². The van der Waals surface area contributed by atoms with Crippen molar-refractivity contribution in [2.45, 2.75) is 13.0 Å². The second kappa shape index (κ2) is 4.96. The second-order valence-corrected chi connectivity index (χ2v) is 4.37. The number of likely N-dealkylation sites (N-methyl/N-ethyl adjacent to an activating group) is 3. The zero-order valence-corrected chi connectivity index (χ0v) is 11.3. The Bertz CT molecular complexity index is 485. The number of rotatable bonds is 3. The van der Waals surface area contributed by atoms with Gasteiger partial charge in [-0.2, -0.15) is 0 Å². The molecular weight excluding hydrogens is 250 g/mol. The van der Waals surface area contributed by atoms with E-state index >= 15 is 0 Å². The number of nitrogens with one attached hydrogen (secondary N) is 1. The summed E-state index contributed by atoms with van der Waals surface area (Å²) in [6.07, 6.45) is 0. The van der Waals surface area contributed by atoms with Gasteiger partial charge in [0.2, 0.25) is 11.9 Å². The number of hydrogen-bond donors (Lipinski definition) is 2. The lowest BCUT2D eigenvalue weighted by Gasteiger charge is -2.31. The highest BCUT2D eigenvalue weighted by molar-refractivity contribution is 6.22. The number of carbonyl (C=O) groups excluding carboxylic acids is 2. The molecule has 0 bridgehead atoms. The number of amides is 3. The van der Waals surface area contributed by atoms with Crippen LogP contribution in [0.2, 0.25) is 0 Å². The lowest BCUT2D eigenvalue weighted by molar-refractivity contribution is -0.533. The van der Waals surface area contributed by atoms with E-state index in [4.69, 9.17) is 5.11 Å². The van der Waals surface area contributed by atoms with Gasteiger partial charge in [0, 0.05) is 14.1 Å². The smallest absolute Gasteiger partial charge is 0.390 e. The number of fused-ring (bicyclic) bond motifs is 1. The molecule has 0 aliphatic carbocycles. The molecule has 1 unspecified atom stereocenters. The van der Waals surface area contributed by atoms with Crippen molar-refractivity contribution >= 4 is 23.7 Å². The van der Waals surface area contributed by atoms with Gasteiger partial charge in [-0.15, -0.1) is 0 Å². The first-order valence-corrected chi connectivity index (χ1v) is 6.15. The van der Waals surface area contributed by atoms with Gasteiger partial charge in [-0.1, -0.05) is 4.99 Å². The van der Waals surface area contributed by atoms with Crippen LogP contribution in [0.25, 0.3) is 0 Å². The molecule has 2 N–H and O–H groups in total. The van der Waals surface area contributed by atoms with Crippen LogP contribution in [0.3, 0.4) is 0 Å². The Morgan fingerprint density at radius 2 is 2.05 bits per heavy atom. The fourth-order valence-corrected chi connectivity index (χ4v) is 2.24. The first kappa shape index (κ1) is 13.5. The third kappa shape index (κ3) is 1.97. The minimum atomic E-state index is -0.570. The van der Waals surface area contributed by atoms with Crippen LogP contribution in [-0.4, -0.2) is 83.0 Å². The molecule has 19 heavy (non-hydrogen) atoms. The molecule has 1 fully saturated rings. The zero-order valence-electron chi connectivity index (χ0n) is 11.3. The summed E-state index contributed by atoms with van der Waals surface area (Å²) < 4.78 is 1.78. The van der Waals surface area contributed by atoms with E-state index in [2.05, 4.69) is 10.3 Å². The first-order valence-electron chi connectivity index (χ1n) is 6.15. The van der Waals surface area contributed by atoms with Crippen LogP contribution >= 0.6 is 0 Å². The summed E-state index contributed by atoms with van der Waals surface area (Å²) in [5, 5.41) is 11.8. The van der Waals surface area contributed by atoms with Crippen molar-refractivity contribution in [3.05, 3.63) is 0 Å². The van der Waals surface area contributed by atoms with Crippen molar-refractivity contribution in [3.8, 4) is 0 Å². The monoisotopic (exact) mass is 268 g/mol. The van der Waals surface area contributed by atoms with Gasteiger partial charge in [-0.05, 0) is 6.92 Å². The third-order valence-corrected chi connectivity index (χ3v) is 3.27. The number of aliphatic imine (C=N–C) groups is 1. The van der Waals surface area contributed by atoms with Crippen LogP contribution in [0.15, 0.2) is 4.99 Å². The predicted octanol–water partition coefficient (Wildman–Crippen LogP) is -1.74. The van der Waals surface area contributed by atoms with Crippen LogP contribution in [0.4, 0.5) is 4.79 Å². The van der Waals surface area contributed by atoms with E-state index in [1.807, 2.05) is 6.92 Å². The van der Waals surface area contributed by atoms with Crippen LogP contribution in [0.5, 0.6) is 0 Å². The minimum absolute atomic E-state index is 0.0286. The average Bonchev–Trinajstić information content (AvgIpc) is 2.79. The van der Waals surface area contributed by atoms with Gasteiger partial charge >= 0.3 is 12.0 Å². The molecule has 1 atom stereocenters. The average molecular weight is 268 g/mol. The maximum absolute atomic E-state index is 12.2. The lowest BCUT2D eigenvalue weighted by atomic mass is 10.1. The Kier molecular flexibility index (Phi) is 3.52. The van der Waals surface area contributed by atoms with E-state index in [-0.39, 0.29) is 18.5 Å². The summed E-state index contributed by atoms with van der Waals surface area (Å²) in [6.45, 7) is 2.80. The molecule has 104 valence electrons. The number of guanidine groups is 1. The lowest BCUT2D eigenvalue weighted by Crippen LogP contribution is -2.61. The van der Waals surface area contributed by atoms with Gasteiger partial charge in [-0.25, -0.2) is 9.37 Å². The highest BCUT2D eigenvalue weighted by Gasteiger charge is 2.50. The highest BCUT2D eigenvalue weighted by Crippen LogP contribution is 2.17. The zero-order chi connectivity index (χ0) is 14.2. The Morgan fingerprint density at radius 1 is 1.37 bits per heavy atom. The first-order chi connectivity index (χ1) is 9.02. The van der Waals surface area contributed by atoms with E-state index in [0.717, 1.165) is 4.90 Å². The molecule has 0 saturated carbocycles. The molecule has 3 amide bonds. The fourth-order valence-electron chi connectivity index (χ4n) is 2.24. The van der Waals surface area contributed by atoms with Crippen molar-refractivity contribution in [1.82, 2.24) is 15.1 Å². The van der Waals surface area contributed by atoms with E-state index in [1.54, 1.807) is 11.6 Å². The molecule has 2 aliphatic heterocycles. The number of carbonyl (C=O) groups is 2. The van der Waals surface area contributed by atoms with E-state index in [9.17, 15) is 9.59 Å². The van der Waals surface area contributed by atoms with Crippen molar-refractivity contribution in [2.24, 2.45) is 4.99 Å². The van der Waals surface area contributed by atoms with Crippen molar-refractivity contribution in [3.63, 3.8) is 0 Å². The van der Waals surface area contributed by atoms with Crippen molar-refractivity contribution in [1.29, 1.82) is 0 Å². The van der Waals surface area contributed by atoms with Crippen molar-refractivity contribution in [2.75, 3.05) is 33.8 Å². The van der Waals surface area contributed by atoms with Crippen LogP contribution in [0, 0.1) is 0 Å². The molecule has 0 aromatic heterocycles. The summed E-state index contributed by atoms with van der Waals surface area (Å²) in [4.78, 5) is 30.9. The molecule has 0 radical (unpaired) electrons. The standard InChI is InChI=1S/C11H17N5O3/c1-4-16-7-8(13-10(16)12-5-6-17)14(2)11(19)15(3)9(7)18/h7,17H,4-6H2,1-3H3/p+1. The number of urea groups is 1. The Hall–Kier alpha value is -1.96. The molecule has 0 aromatic carbocycles. The van der Waals surface area contributed by atoms with E-state index in [1.165, 1.54) is 11.9 Å². The topological polar surface area (TPSA) is 88.2 Å². The molecule has 1 saturated heterocycles. The Labute approximate surface area is 111 Å². The Morgan fingerprint density at radius 3 is 2.63 bits per heavy atom. The summed E-state index contributed by atoms with van der Waals surface area (Å²) in [5.41, 5.74) is 0. The molecule has 2 aliphatic rings. The SMILES string of the molecule is CC[N+]1=C(NCCO)N=C2C1C(=O)N(C)C(=O)N2C. The van der Waals surface area contributed by atoms with Crippen LogP contribution in [-0.2, 0) is 4.79 Å². The van der Waals surface area contributed by atoms with Gasteiger partial charge in [0.15, 0.2) is 0 Å². The number of aliphatic hydroxyl groups is 1. The number of aliphatic hydroxyl groups excluding tert-OH is 1. The molecule has 2 rings (SSSR count). The molecule has 0 spiro atoms. The summed E-state index contributed by atoms with van der Waals surface area (Å²) in [6, 6.07) is -0.960. The molecule has 2 heterocycles. The van der Waals surface area contributed by atoms with E-state index < -0.39 is 6.04 Å². The highest BCUT2D eigenvalue weighted by atomic mass is 16.3. The number of nitrogens with zero attached hydrogens (tertiary/aromatic N) is 4. The summed E-state index contributed by atoms with van der Waals surface area (Å²) >= 11 is 0. The van der Waals surface area contributed by atoms with Crippen LogP contribution < -0.4 is 5.32 Å².